The highest BCUT2D eigenvalue weighted by Gasteiger charge is 2.36. The van der Waals surface area contributed by atoms with Gasteiger partial charge in [-0.1, -0.05) is 25.0 Å². The number of fused-ring (bicyclic) bond motifs is 1. The third kappa shape index (κ3) is 1.57. The third-order valence-corrected chi connectivity index (χ3v) is 4.66. The molecule has 18 heavy (non-hydrogen) atoms. The molecule has 0 unspecified atom stereocenters. The van der Waals surface area contributed by atoms with E-state index in [4.69, 9.17) is 5.73 Å². The van der Waals surface area contributed by atoms with Gasteiger partial charge in [0.25, 0.3) is 5.91 Å². The summed E-state index contributed by atoms with van der Waals surface area (Å²) in [5.74, 6) is 0.150. The van der Waals surface area contributed by atoms with E-state index in [1.165, 1.54) is 18.4 Å². The van der Waals surface area contributed by atoms with E-state index in [-0.39, 0.29) is 11.3 Å². The van der Waals surface area contributed by atoms with E-state index in [1.807, 2.05) is 7.05 Å². The van der Waals surface area contributed by atoms with E-state index in [9.17, 15) is 4.79 Å². The first-order valence-electron chi connectivity index (χ1n) is 6.75. The summed E-state index contributed by atoms with van der Waals surface area (Å²) in [5.41, 5.74) is 9.44. The van der Waals surface area contributed by atoms with Crippen LogP contribution in [0.5, 0.6) is 0 Å². The second-order valence-corrected chi connectivity index (χ2v) is 5.72. The molecule has 1 saturated carbocycles. The molecule has 0 saturated heterocycles. The number of carbonyl (C=O) groups excluding carboxylic acids is 1. The van der Waals surface area contributed by atoms with Gasteiger partial charge in [-0.05, 0) is 30.0 Å². The lowest BCUT2D eigenvalue weighted by atomic mass is 9.78. The normalized spacial score (nSPS) is 21.4. The summed E-state index contributed by atoms with van der Waals surface area (Å²) >= 11 is 0. The molecule has 1 aliphatic carbocycles. The van der Waals surface area contributed by atoms with Gasteiger partial charge in [0.1, 0.15) is 0 Å². The summed E-state index contributed by atoms with van der Waals surface area (Å²) in [7, 11) is 1.86. The van der Waals surface area contributed by atoms with Crippen LogP contribution in [-0.4, -0.2) is 24.4 Å². The molecule has 0 spiro atoms. The van der Waals surface area contributed by atoms with Crippen molar-refractivity contribution in [1.82, 2.24) is 4.90 Å². The molecule has 2 N–H and O–H groups in total. The van der Waals surface area contributed by atoms with Crippen molar-refractivity contribution in [3.8, 4) is 0 Å². The maximum atomic E-state index is 12.1. The van der Waals surface area contributed by atoms with Crippen LogP contribution < -0.4 is 5.73 Å². The highest BCUT2D eigenvalue weighted by atomic mass is 16.2. The summed E-state index contributed by atoms with van der Waals surface area (Å²) in [6.45, 7) is 1.43. The lowest BCUT2D eigenvalue weighted by molar-refractivity contribution is 0.0816. The Kier molecular flexibility index (Phi) is 2.67. The van der Waals surface area contributed by atoms with Crippen molar-refractivity contribution in [2.24, 2.45) is 5.73 Å². The van der Waals surface area contributed by atoms with Crippen molar-refractivity contribution >= 4 is 5.91 Å². The molecular formula is C15H20N2O. The standard InChI is InChI=1S/C15H20N2O/c1-17-9-11-4-5-12(8-13(11)14(17)18)15(10-16)6-2-3-7-15/h4-5,8H,2-3,6-7,9-10,16H2,1H3. The zero-order valence-corrected chi connectivity index (χ0v) is 10.9. The summed E-state index contributed by atoms with van der Waals surface area (Å²) in [4.78, 5) is 13.8. The molecule has 1 amide bonds. The molecule has 1 aromatic carbocycles. The third-order valence-electron chi connectivity index (χ3n) is 4.66. The molecule has 3 nitrogen and oxygen atoms in total. The van der Waals surface area contributed by atoms with Gasteiger partial charge in [0.15, 0.2) is 0 Å². The first kappa shape index (κ1) is 11.7. The zero-order chi connectivity index (χ0) is 12.8. The van der Waals surface area contributed by atoms with Crippen LogP contribution in [0.3, 0.4) is 0 Å². The number of amides is 1. The maximum Gasteiger partial charge on any atom is 0.254 e. The molecule has 1 fully saturated rings. The molecule has 2 aliphatic rings. The van der Waals surface area contributed by atoms with Crippen LogP contribution in [-0.2, 0) is 12.0 Å². The van der Waals surface area contributed by atoms with E-state index in [2.05, 4.69) is 18.2 Å². The summed E-state index contributed by atoms with van der Waals surface area (Å²) in [5, 5.41) is 0. The highest BCUT2D eigenvalue weighted by Crippen LogP contribution is 2.41. The monoisotopic (exact) mass is 244 g/mol. The second kappa shape index (κ2) is 4.09. The number of hydrogen-bond acceptors (Lipinski definition) is 2. The van der Waals surface area contributed by atoms with E-state index >= 15 is 0 Å². The van der Waals surface area contributed by atoms with Gasteiger partial charge in [0.2, 0.25) is 0 Å². The number of hydrogen-bond donors (Lipinski definition) is 1. The van der Waals surface area contributed by atoms with Crippen molar-refractivity contribution in [3.05, 3.63) is 34.9 Å². The Morgan fingerprint density at radius 2 is 2.06 bits per heavy atom. The minimum absolute atomic E-state index is 0.121. The fourth-order valence-electron chi connectivity index (χ4n) is 3.44. The Balaban J connectivity index is 2.03. The van der Waals surface area contributed by atoms with E-state index in [0.717, 1.165) is 30.5 Å². The predicted molar refractivity (Wildman–Crippen MR) is 71.4 cm³/mol. The average molecular weight is 244 g/mol. The number of rotatable bonds is 2. The number of carbonyl (C=O) groups is 1. The van der Waals surface area contributed by atoms with Crippen LogP contribution in [0.2, 0.25) is 0 Å². The minimum Gasteiger partial charge on any atom is -0.337 e. The van der Waals surface area contributed by atoms with Gasteiger partial charge in [0, 0.05) is 31.1 Å². The quantitative estimate of drug-likeness (QED) is 0.865. The first-order valence-corrected chi connectivity index (χ1v) is 6.75. The lowest BCUT2D eigenvalue weighted by Gasteiger charge is -2.28. The van der Waals surface area contributed by atoms with Gasteiger partial charge in [-0.3, -0.25) is 4.79 Å². The SMILES string of the molecule is CN1Cc2ccc(C3(CN)CCCC3)cc2C1=O. The summed E-state index contributed by atoms with van der Waals surface area (Å²) in [6, 6.07) is 6.39. The first-order chi connectivity index (χ1) is 8.66. The fraction of sp³-hybridized carbons (Fsp3) is 0.533. The zero-order valence-electron chi connectivity index (χ0n) is 10.9. The van der Waals surface area contributed by atoms with Crippen LogP contribution in [0.25, 0.3) is 0 Å². The van der Waals surface area contributed by atoms with Crippen molar-refractivity contribution in [3.63, 3.8) is 0 Å². The Morgan fingerprint density at radius 1 is 1.33 bits per heavy atom. The van der Waals surface area contributed by atoms with Gasteiger partial charge in [-0.25, -0.2) is 0 Å². The van der Waals surface area contributed by atoms with E-state index < -0.39 is 0 Å². The largest absolute Gasteiger partial charge is 0.337 e. The van der Waals surface area contributed by atoms with Gasteiger partial charge in [-0.2, -0.15) is 0 Å². The van der Waals surface area contributed by atoms with Crippen LogP contribution in [0.15, 0.2) is 18.2 Å². The van der Waals surface area contributed by atoms with Crippen LogP contribution in [0, 0.1) is 0 Å². The molecule has 0 aromatic heterocycles. The second-order valence-electron chi connectivity index (χ2n) is 5.72. The Hall–Kier alpha value is -1.35. The number of benzene rings is 1. The molecule has 3 heteroatoms. The molecule has 1 heterocycles. The molecule has 0 bridgehead atoms. The Labute approximate surface area is 108 Å². The molecule has 1 aliphatic heterocycles. The fourth-order valence-corrected chi connectivity index (χ4v) is 3.44. The molecular weight excluding hydrogens is 224 g/mol. The summed E-state index contributed by atoms with van der Waals surface area (Å²) in [6.07, 6.45) is 4.82. The Bertz CT molecular complexity index is 489. The van der Waals surface area contributed by atoms with Crippen molar-refractivity contribution in [2.75, 3.05) is 13.6 Å². The number of nitrogens with two attached hydrogens (primary N) is 1. The lowest BCUT2D eigenvalue weighted by Crippen LogP contribution is -2.32. The molecule has 96 valence electrons. The topological polar surface area (TPSA) is 46.3 Å². The van der Waals surface area contributed by atoms with E-state index in [1.54, 1.807) is 4.90 Å². The molecule has 0 radical (unpaired) electrons. The average Bonchev–Trinajstić information content (AvgIpc) is 2.97. The molecule has 1 aromatic rings. The molecule has 0 atom stereocenters. The van der Waals surface area contributed by atoms with Crippen molar-refractivity contribution in [1.29, 1.82) is 0 Å². The Morgan fingerprint density at radius 3 is 2.72 bits per heavy atom. The minimum atomic E-state index is 0.121. The van der Waals surface area contributed by atoms with Gasteiger partial charge < -0.3 is 10.6 Å². The number of nitrogens with zero attached hydrogens (tertiary/aromatic N) is 1. The predicted octanol–water partition coefficient (Wildman–Crippen LogP) is 2.04. The van der Waals surface area contributed by atoms with Crippen LogP contribution >= 0.6 is 0 Å². The highest BCUT2D eigenvalue weighted by molar-refractivity contribution is 5.98. The van der Waals surface area contributed by atoms with Gasteiger partial charge in [-0.15, -0.1) is 0 Å². The van der Waals surface area contributed by atoms with Gasteiger partial charge >= 0.3 is 0 Å². The van der Waals surface area contributed by atoms with Crippen molar-refractivity contribution < 1.29 is 4.79 Å². The van der Waals surface area contributed by atoms with Gasteiger partial charge in [0.05, 0.1) is 0 Å². The van der Waals surface area contributed by atoms with Crippen LogP contribution in [0.4, 0.5) is 0 Å². The molecule has 3 rings (SSSR count). The van der Waals surface area contributed by atoms with Crippen molar-refractivity contribution in [2.45, 2.75) is 37.6 Å². The van der Waals surface area contributed by atoms with Crippen LogP contribution in [0.1, 0.15) is 47.2 Å². The maximum absolute atomic E-state index is 12.1. The summed E-state index contributed by atoms with van der Waals surface area (Å²) < 4.78 is 0. The smallest absolute Gasteiger partial charge is 0.254 e. The van der Waals surface area contributed by atoms with E-state index in [0.29, 0.717) is 6.54 Å².